The van der Waals surface area contributed by atoms with E-state index in [1.807, 2.05) is 54.6 Å². The Hall–Kier alpha value is -3.16. The number of hydrogen-bond acceptors (Lipinski definition) is 4. The average Bonchev–Trinajstić information content (AvgIpc) is 2.79. The summed E-state index contributed by atoms with van der Waals surface area (Å²) in [6, 6.07) is 22.9. The number of nitrogens with one attached hydrogen (secondary N) is 2. The fourth-order valence-electron chi connectivity index (χ4n) is 2.88. The minimum atomic E-state index is -3.65. The van der Waals surface area contributed by atoms with Gasteiger partial charge in [0, 0.05) is 12.2 Å². The van der Waals surface area contributed by atoms with Crippen molar-refractivity contribution in [1.82, 2.24) is 4.72 Å². The highest BCUT2D eigenvalue weighted by Gasteiger charge is 2.17. The molecule has 1 unspecified atom stereocenters. The summed E-state index contributed by atoms with van der Waals surface area (Å²) in [5.41, 5.74) is 2.55. The standard InChI is InChI=1S/C24H26N2O4S/c1-3-19-9-13-22(14-10-19)30-18(2)24(27)26-21-11-15-23(16-12-21)31(28,29)25-17-20-7-5-4-6-8-20/h4-16,18,25H,3,17H2,1-2H3,(H,26,27). The van der Waals surface area contributed by atoms with Gasteiger partial charge in [0.05, 0.1) is 4.90 Å². The van der Waals surface area contributed by atoms with E-state index >= 15 is 0 Å². The molecule has 0 saturated carbocycles. The lowest BCUT2D eigenvalue weighted by molar-refractivity contribution is -0.122. The lowest BCUT2D eigenvalue weighted by atomic mass is 10.2. The van der Waals surface area contributed by atoms with E-state index in [0.717, 1.165) is 12.0 Å². The molecule has 7 heteroatoms. The van der Waals surface area contributed by atoms with Crippen molar-refractivity contribution in [1.29, 1.82) is 0 Å². The molecule has 6 nitrogen and oxygen atoms in total. The molecule has 0 heterocycles. The first-order valence-corrected chi connectivity index (χ1v) is 11.6. The van der Waals surface area contributed by atoms with Crippen molar-refractivity contribution in [2.45, 2.75) is 37.8 Å². The average molecular weight is 439 g/mol. The van der Waals surface area contributed by atoms with Crippen LogP contribution in [0.15, 0.2) is 83.8 Å². The van der Waals surface area contributed by atoms with Crippen molar-refractivity contribution in [2.24, 2.45) is 0 Å². The Kier molecular flexibility index (Phi) is 7.44. The Morgan fingerprint density at radius 3 is 2.16 bits per heavy atom. The van der Waals surface area contributed by atoms with Gasteiger partial charge >= 0.3 is 0 Å². The molecule has 3 aromatic rings. The topological polar surface area (TPSA) is 84.5 Å². The lowest BCUT2D eigenvalue weighted by Crippen LogP contribution is -2.30. The van der Waals surface area contributed by atoms with E-state index in [-0.39, 0.29) is 17.3 Å². The predicted octanol–water partition coefficient (Wildman–Crippen LogP) is 4.13. The van der Waals surface area contributed by atoms with Gasteiger partial charge in [-0.3, -0.25) is 4.79 Å². The highest BCUT2D eigenvalue weighted by molar-refractivity contribution is 7.89. The summed E-state index contributed by atoms with van der Waals surface area (Å²) in [7, 11) is -3.65. The van der Waals surface area contributed by atoms with E-state index in [9.17, 15) is 13.2 Å². The van der Waals surface area contributed by atoms with E-state index in [1.165, 1.54) is 17.7 Å². The predicted molar refractivity (Wildman–Crippen MR) is 121 cm³/mol. The molecule has 0 spiro atoms. The largest absolute Gasteiger partial charge is 0.481 e. The molecule has 0 fully saturated rings. The lowest BCUT2D eigenvalue weighted by Gasteiger charge is -2.15. The normalized spacial score (nSPS) is 12.2. The Balaban J connectivity index is 1.56. The molecule has 2 N–H and O–H groups in total. The van der Waals surface area contributed by atoms with Gasteiger partial charge in [-0.25, -0.2) is 13.1 Å². The van der Waals surface area contributed by atoms with Crippen LogP contribution in [0.3, 0.4) is 0 Å². The number of ether oxygens (including phenoxy) is 1. The van der Waals surface area contributed by atoms with E-state index in [1.54, 1.807) is 19.1 Å². The molecule has 0 bridgehead atoms. The van der Waals surface area contributed by atoms with Crippen molar-refractivity contribution in [2.75, 3.05) is 5.32 Å². The molecule has 0 aromatic heterocycles. The van der Waals surface area contributed by atoms with Crippen LogP contribution >= 0.6 is 0 Å². The first-order valence-electron chi connectivity index (χ1n) is 10.1. The fourth-order valence-corrected chi connectivity index (χ4v) is 3.90. The summed E-state index contributed by atoms with van der Waals surface area (Å²) < 4.78 is 33.2. The van der Waals surface area contributed by atoms with Gasteiger partial charge in [0.1, 0.15) is 5.75 Å². The molecule has 162 valence electrons. The van der Waals surface area contributed by atoms with Crippen molar-refractivity contribution in [3.63, 3.8) is 0 Å². The summed E-state index contributed by atoms with van der Waals surface area (Å²) in [5.74, 6) is 0.295. The summed E-state index contributed by atoms with van der Waals surface area (Å²) in [6.07, 6.45) is 0.229. The second-order valence-electron chi connectivity index (χ2n) is 7.08. The van der Waals surface area contributed by atoms with Gasteiger partial charge < -0.3 is 10.1 Å². The maximum absolute atomic E-state index is 12.5. The number of carbonyl (C=O) groups is 1. The van der Waals surface area contributed by atoms with Gasteiger partial charge in [-0.2, -0.15) is 0 Å². The molecule has 0 aliphatic rings. The van der Waals surface area contributed by atoms with E-state index in [4.69, 9.17) is 4.74 Å². The molecule has 31 heavy (non-hydrogen) atoms. The summed E-state index contributed by atoms with van der Waals surface area (Å²) in [4.78, 5) is 12.5. The first-order chi connectivity index (χ1) is 14.9. The van der Waals surface area contributed by atoms with Crippen molar-refractivity contribution < 1.29 is 17.9 Å². The van der Waals surface area contributed by atoms with Crippen LogP contribution in [0.5, 0.6) is 5.75 Å². The van der Waals surface area contributed by atoms with Crippen LogP contribution < -0.4 is 14.8 Å². The summed E-state index contributed by atoms with van der Waals surface area (Å²) in [5, 5.41) is 2.74. The molecular weight excluding hydrogens is 412 g/mol. The quantitative estimate of drug-likeness (QED) is 0.526. The minimum Gasteiger partial charge on any atom is -0.481 e. The molecule has 3 aromatic carbocycles. The van der Waals surface area contributed by atoms with Crippen LogP contribution in [0.1, 0.15) is 25.0 Å². The molecule has 0 radical (unpaired) electrons. The molecule has 3 rings (SSSR count). The molecular formula is C24H26N2O4S. The Morgan fingerprint density at radius 2 is 1.55 bits per heavy atom. The molecule has 0 aliphatic carbocycles. The van der Waals surface area contributed by atoms with Crippen LogP contribution in [0.2, 0.25) is 0 Å². The number of hydrogen-bond donors (Lipinski definition) is 2. The Bertz CT molecular complexity index is 1100. The van der Waals surface area contributed by atoms with Crippen LogP contribution in [0.25, 0.3) is 0 Å². The van der Waals surface area contributed by atoms with Gasteiger partial charge in [0.25, 0.3) is 5.91 Å². The minimum absolute atomic E-state index is 0.127. The Labute approximate surface area is 183 Å². The zero-order valence-electron chi connectivity index (χ0n) is 17.5. The maximum Gasteiger partial charge on any atom is 0.265 e. The molecule has 1 amide bonds. The van der Waals surface area contributed by atoms with Crippen LogP contribution in [-0.2, 0) is 27.8 Å². The number of amides is 1. The smallest absolute Gasteiger partial charge is 0.265 e. The third kappa shape index (κ3) is 6.41. The zero-order chi connectivity index (χ0) is 22.3. The SMILES string of the molecule is CCc1ccc(OC(C)C(=O)Nc2ccc(S(=O)(=O)NCc3ccccc3)cc2)cc1. The van der Waals surface area contributed by atoms with Crippen molar-refractivity contribution >= 4 is 21.6 Å². The summed E-state index contributed by atoms with van der Waals surface area (Å²) in [6.45, 7) is 3.94. The third-order valence-electron chi connectivity index (χ3n) is 4.75. The zero-order valence-corrected chi connectivity index (χ0v) is 18.4. The van der Waals surface area contributed by atoms with Gasteiger partial charge in [-0.1, -0.05) is 49.4 Å². The van der Waals surface area contributed by atoms with Crippen LogP contribution in [0.4, 0.5) is 5.69 Å². The maximum atomic E-state index is 12.5. The van der Waals surface area contributed by atoms with Gasteiger partial charge in [0.2, 0.25) is 10.0 Å². The van der Waals surface area contributed by atoms with Crippen LogP contribution in [-0.4, -0.2) is 20.4 Å². The number of carbonyl (C=O) groups excluding carboxylic acids is 1. The number of sulfonamides is 1. The third-order valence-corrected chi connectivity index (χ3v) is 6.17. The van der Waals surface area contributed by atoms with Gasteiger partial charge in [-0.15, -0.1) is 0 Å². The highest BCUT2D eigenvalue weighted by Crippen LogP contribution is 2.17. The molecule has 1 atom stereocenters. The highest BCUT2D eigenvalue weighted by atomic mass is 32.2. The van der Waals surface area contributed by atoms with Crippen molar-refractivity contribution in [3.05, 3.63) is 90.0 Å². The number of rotatable bonds is 9. The summed E-state index contributed by atoms with van der Waals surface area (Å²) >= 11 is 0. The molecule has 0 saturated heterocycles. The van der Waals surface area contributed by atoms with Gasteiger partial charge in [-0.05, 0) is 60.9 Å². The second-order valence-corrected chi connectivity index (χ2v) is 8.85. The van der Waals surface area contributed by atoms with E-state index < -0.39 is 16.1 Å². The monoisotopic (exact) mass is 438 g/mol. The van der Waals surface area contributed by atoms with Gasteiger partial charge in [0.15, 0.2) is 6.10 Å². The molecule has 0 aliphatic heterocycles. The van der Waals surface area contributed by atoms with Crippen LogP contribution in [0, 0.1) is 0 Å². The number of aryl methyl sites for hydroxylation is 1. The number of anilines is 1. The Morgan fingerprint density at radius 1 is 0.903 bits per heavy atom. The van der Waals surface area contributed by atoms with Crippen molar-refractivity contribution in [3.8, 4) is 5.75 Å². The second kappa shape index (κ2) is 10.2. The fraction of sp³-hybridized carbons (Fsp3) is 0.208. The van der Waals surface area contributed by atoms with E-state index in [2.05, 4.69) is 17.0 Å². The first kappa shape index (κ1) is 22.5. The number of benzene rings is 3. The van der Waals surface area contributed by atoms with E-state index in [0.29, 0.717) is 11.4 Å².